The Hall–Kier alpha value is -4.46. The predicted molar refractivity (Wildman–Crippen MR) is 136 cm³/mol. The van der Waals surface area contributed by atoms with Crippen molar-refractivity contribution < 1.29 is 28.5 Å². The van der Waals surface area contributed by atoms with Crippen LogP contribution in [0.2, 0.25) is 0 Å². The molecule has 0 amide bonds. The zero-order valence-electron chi connectivity index (χ0n) is 20.9. The average molecular weight is 489 g/mol. The molecule has 1 aromatic heterocycles. The Morgan fingerprint density at radius 3 is 2.00 bits per heavy atom. The van der Waals surface area contributed by atoms with Crippen molar-refractivity contribution in [2.75, 3.05) is 28.4 Å². The van der Waals surface area contributed by atoms with E-state index in [0.717, 1.165) is 16.7 Å². The van der Waals surface area contributed by atoms with Gasteiger partial charge >= 0.3 is 0 Å². The molecule has 0 unspecified atom stereocenters. The number of ether oxygens (including phenoxy) is 5. The summed E-state index contributed by atoms with van der Waals surface area (Å²) >= 11 is 0. The Labute approximate surface area is 209 Å². The lowest BCUT2D eigenvalue weighted by Crippen LogP contribution is -2.09. The highest BCUT2D eigenvalue weighted by atomic mass is 16.5. The monoisotopic (exact) mass is 488 g/mol. The molecule has 186 valence electrons. The van der Waals surface area contributed by atoms with E-state index in [4.69, 9.17) is 23.7 Å². The SMILES string of the molecule is COc1cc(-c2c(-c3cc(OC)c(OC)c(OC)c3)cnn2C(C)=O)ccc1OCc1ccccc1. The summed E-state index contributed by atoms with van der Waals surface area (Å²) in [5.74, 6) is 2.37. The van der Waals surface area contributed by atoms with Gasteiger partial charge in [0.1, 0.15) is 6.61 Å². The van der Waals surface area contributed by atoms with Crippen LogP contribution in [0.4, 0.5) is 0 Å². The van der Waals surface area contributed by atoms with Crippen LogP contribution in [0.25, 0.3) is 22.4 Å². The molecule has 0 aliphatic rings. The highest BCUT2D eigenvalue weighted by Gasteiger charge is 2.22. The molecule has 0 radical (unpaired) electrons. The van der Waals surface area contributed by atoms with E-state index in [9.17, 15) is 4.79 Å². The molecule has 0 aliphatic carbocycles. The normalized spacial score (nSPS) is 10.6. The van der Waals surface area contributed by atoms with Crippen molar-refractivity contribution in [3.05, 3.63) is 72.4 Å². The third-order valence-electron chi connectivity index (χ3n) is 5.72. The van der Waals surface area contributed by atoms with E-state index in [-0.39, 0.29) is 5.91 Å². The first-order chi connectivity index (χ1) is 17.5. The summed E-state index contributed by atoms with van der Waals surface area (Å²) in [5, 5.41) is 4.36. The van der Waals surface area contributed by atoms with E-state index in [1.54, 1.807) is 34.6 Å². The minimum absolute atomic E-state index is 0.230. The van der Waals surface area contributed by atoms with Gasteiger partial charge in [-0.25, -0.2) is 0 Å². The molecule has 0 bridgehead atoms. The Morgan fingerprint density at radius 1 is 0.778 bits per heavy atom. The highest BCUT2D eigenvalue weighted by Crippen LogP contribution is 2.44. The summed E-state index contributed by atoms with van der Waals surface area (Å²) < 4.78 is 29.5. The lowest BCUT2D eigenvalue weighted by atomic mass is 10.00. The van der Waals surface area contributed by atoms with Crippen molar-refractivity contribution >= 4 is 5.91 Å². The topological polar surface area (TPSA) is 81.0 Å². The minimum Gasteiger partial charge on any atom is -0.493 e. The first-order valence-corrected chi connectivity index (χ1v) is 11.2. The summed E-state index contributed by atoms with van der Waals surface area (Å²) in [6.07, 6.45) is 1.64. The summed E-state index contributed by atoms with van der Waals surface area (Å²) in [4.78, 5) is 12.5. The summed E-state index contributed by atoms with van der Waals surface area (Å²) in [5.41, 5.74) is 3.84. The highest BCUT2D eigenvalue weighted by molar-refractivity contribution is 5.90. The predicted octanol–water partition coefficient (Wildman–Crippen LogP) is 5.49. The number of carbonyl (C=O) groups is 1. The zero-order chi connectivity index (χ0) is 25.7. The van der Waals surface area contributed by atoms with Gasteiger partial charge in [0.2, 0.25) is 11.7 Å². The molecule has 3 aromatic carbocycles. The number of rotatable bonds is 9. The number of hydrogen-bond acceptors (Lipinski definition) is 7. The number of benzene rings is 3. The van der Waals surface area contributed by atoms with Gasteiger partial charge in [0.25, 0.3) is 0 Å². The largest absolute Gasteiger partial charge is 0.493 e. The van der Waals surface area contributed by atoms with Gasteiger partial charge in [-0.2, -0.15) is 9.78 Å². The fourth-order valence-electron chi connectivity index (χ4n) is 3.98. The Balaban J connectivity index is 1.79. The standard InChI is InChI=1S/C28H28N2O6/c1-18(31)30-27(22(16-29-30)21-14-25(33-3)28(35-5)26(15-21)34-4)20-11-12-23(24(13-20)32-2)36-17-19-9-7-6-8-10-19/h6-16H,17H2,1-5H3. The van der Waals surface area contributed by atoms with E-state index in [0.29, 0.717) is 46.6 Å². The third-order valence-corrected chi connectivity index (χ3v) is 5.72. The molecule has 0 spiro atoms. The lowest BCUT2D eigenvalue weighted by molar-refractivity contribution is 0.0923. The van der Waals surface area contributed by atoms with Crippen LogP contribution in [0.3, 0.4) is 0 Å². The van der Waals surface area contributed by atoms with Crippen molar-refractivity contribution in [2.24, 2.45) is 0 Å². The summed E-state index contributed by atoms with van der Waals surface area (Å²) in [6, 6.07) is 19.1. The van der Waals surface area contributed by atoms with Crippen molar-refractivity contribution in [1.82, 2.24) is 9.78 Å². The maximum absolute atomic E-state index is 12.5. The first-order valence-electron chi connectivity index (χ1n) is 11.2. The van der Waals surface area contributed by atoms with E-state index in [2.05, 4.69) is 5.10 Å². The number of aromatic nitrogens is 2. The van der Waals surface area contributed by atoms with E-state index >= 15 is 0 Å². The molecule has 0 saturated carbocycles. The van der Waals surface area contributed by atoms with Gasteiger partial charge in [-0.15, -0.1) is 0 Å². The quantitative estimate of drug-likeness (QED) is 0.308. The van der Waals surface area contributed by atoms with Gasteiger partial charge in [0.15, 0.2) is 23.0 Å². The second kappa shape index (κ2) is 10.9. The molecule has 4 rings (SSSR count). The van der Waals surface area contributed by atoms with Crippen LogP contribution in [0.15, 0.2) is 66.9 Å². The number of hydrogen-bond donors (Lipinski definition) is 0. The van der Waals surface area contributed by atoms with Crippen LogP contribution >= 0.6 is 0 Å². The van der Waals surface area contributed by atoms with Crippen LogP contribution in [0, 0.1) is 0 Å². The number of methoxy groups -OCH3 is 4. The van der Waals surface area contributed by atoms with E-state index in [1.165, 1.54) is 11.6 Å². The number of nitrogens with zero attached hydrogens (tertiary/aromatic N) is 2. The van der Waals surface area contributed by atoms with Gasteiger partial charge in [-0.3, -0.25) is 4.79 Å². The molecule has 36 heavy (non-hydrogen) atoms. The molecule has 0 N–H and O–H groups in total. The molecule has 0 atom stereocenters. The lowest BCUT2D eigenvalue weighted by Gasteiger charge is -2.16. The van der Waals surface area contributed by atoms with Crippen LogP contribution in [-0.2, 0) is 6.61 Å². The maximum Gasteiger partial charge on any atom is 0.244 e. The smallest absolute Gasteiger partial charge is 0.244 e. The molecular weight excluding hydrogens is 460 g/mol. The molecule has 0 fully saturated rings. The van der Waals surface area contributed by atoms with Crippen LogP contribution in [0.5, 0.6) is 28.7 Å². The van der Waals surface area contributed by atoms with Gasteiger partial charge in [-0.05, 0) is 41.5 Å². The van der Waals surface area contributed by atoms with Crippen molar-refractivity contribution in [1.29, 1.82) is 0 Å². The fraction of sp³-hybridized carbons (Fsp3) is 0.214. The molecule has 8 heteroatoms. The van der Waals surface area contributed by atoms with Crippen LogP contribution in [-0.4, -0.2) is 44.1 Å². The van der Waals surface area contributed by atoms with Crippen molar-refractivity contribution in [2.45, 2.75) is 13.5 Å². The van der Waals surface area contributed by atoms with Gasteiger partial charge in [0, 0.05) is 18.1 Å². The molecule has 0 saturated heterocycles. The molecule has 8 nitrogen and oxygen atoms in total. The molecule has 1 heterocycles. The minimum atomic E-state index is -0.230. The second-order valence-electron chi connectivity index (χ2n) is 7.89. The molecular formula is C28H28N2O6. The first kappa shape index (κ1) is 24.7. The van der Waals surface area contributed by atoms with Gasteiger partial charge < -0.3 is 23.7 Å². The summed E-state index contributed by atoms with van der Waals surface area (Å²) in [6.45, 7) is 1.86. The van der Waals surface area contributed by atoms with Gasteiger partial charge in [0.05, 0.1) is 40.3 Å². The van der Waals surface area contributed by atoms with E-state index in [1.807, 2.05) is 60.7 Å². The molecule has 0 aliphatic heterocycles. The maximum atomic E-state index is 12.5. The Morgan fingerprint density at radius 2 is 1.42 bits per heavy atom. The Kier molecular flexibility index (Phi) is 7.44. The van der Waals surface area contributed by atoms with Gasteiger partial charge in [-0.1, -0.05) is 30.3 Å². The number of carbonyl (C=O) groups excluding carboxylic acids is 1. The fourth-order valence-corrected chi connectivity index (χ4v) is 3.98. The third kappa shape index (κ3) is 4.84. The second-order valence-corrected chi connectivity index (χ2v) is 7.89. The van der Waals surface area contributed by atoms with Crippen LogP contribution in [0.1, 0.15) is 17.3 Å². The van der Waals surface area contributed by atoms with Crippen molar-refractivity contribution in [3.8, 4) is 51.1 Å². The molecule has 4 aromatic rings. The van der Waals surface area contributed by atoms with Crippen LogP contribution < -0.4 is 23.7 Å². The average Bonchev–Trinajstić information content (AvgIpc) is 3.37. The Bertz CT molecular complexity index is 1340. The zero-order valence-corrected chi connectivity index (χ0v) is 20.9. The van der Waals surface area contributed by atoms with Crippen molar-refractivity contribution in [3.63, 3.8) is 0 Å². The summed E-state index contributed by atoms with van der Waals surface area (Å²) in [7, 11) is 6.24. The van der Waals surface area contributed by atoms with E-state index < -0.39 is 0 Å².